The third kappa shape index (κ3) is 2.36. The molecule has 2 rings (SSSR count). The van der Waals surface area contributed by atoms with Crippen LogP contribution in [0, 0.1) is 0 Å². The Hall–Kier alpha value is -2.10. The van der Waals surface area contributed by atoms with Crippen molar-refractivity contribution in [2.24, 2.45) is 0 Å². The minimum absolute atomic E-state index is 0.00447. The first-order valence-corrected chi connectivity index (χ1v) is 5.53. The number of para-hydroxylation sites is 1. The van der Waals surface area contributed by atoms with Crippen molar-refractivity contribution in [3.8, 4) is 0 Å². The number of benzene rings is 1. The molecule has 1 heterocycles. The van der Waals surface area contributed by atoms with Crippen molar-refractivity contribution in [2.75, 3.05) is 18.0 Å². The SMILES string of the molecule is CCN(CC(=O)O)c1ccnc2ccccc12. The first kappa shape index (κ1) is 11.4. The van der Waals surface area contributed by atoms with Crippen LogP contribution in [0.1, 0.15) is 6.92 Å². The van der Waals surface area contributed by atoms with E-state index in [4.69, 9.17) is 5.11 Å². The summed E-state index contributed by atoms with van der Waals surface area (Å²) >= 11 is 0. The fourth-order valence-corrected chi connectivity index (χ4v) is 1.89. The lowest BCUT2D eigenvalue weighted by Gasteiger charge is -2.22. The molecule has 0 aliphatic heterocycles. The van der Waals surface area contributed by atoms with Crippen molar-refractivity contribution in [3.05, 3.63) is 36.5 Å². The van der Waals surface area contributed by atoms with Crippen molar-refractivity contribution in [3.63, 3.8) is 0 Å². The van der Waals surface area contributed by atoms with Crippen molar-refractivity contribution >= 4 is 22.6 Å². The molecule has 0 bridgehead atoms. The Labute approximate surface area is 99.5 Å². The van der Waals surface area contributed by atoms with Gasteiger partial charge in [0.05, 0.1) is 5.52 Å². The maximum absolute atomic E-state index is 10.8. The molecule has 4 nitrogen and oxygen atoms in total. The number of anilines is 1. The first-order valence-electron chi connectivity index (χ1n) is 5.53. The number of nitrogens with zero attached hydrogens (tertiary/aromatic N) is 2. The van der Waals surface area contributed by atoms with Crippen LogP contribution >= 0.6 is 0 Å². The van der Waals surface area contributed by atoms with E-state index in [1.54, 1.807) is 6.20 Å². The zero-order chi connectivity index (χ0) is 12.3. The minimum atomic E-state index is -0.826. The van der Waals surface area contributed by atoms with Gasteiger partial charge in [0.15, 0.2) is 0 Å². The van der Waals surface area contributed by atoms with Crippen LogP contribution in [0.2, 0.25) is 0 Å². The molecule has 1 aromatic heterocycles. The summed E-state index contributed by atoms with van der Waals surface area (Å²) in [6.45, 7) is 2.60. The number of pyridine rings is 1. The van der Waals surface area contributed by atoms with Crippen molar-refractivity contribution in [1.82, 2.24) is 4.98 Å². The average Bonchev–Trinajstić information content (AvgIpc) is 2.35. The molecule has 0 saturated heterocycles. The molecule has 0 aliphatic carbocycles. The van der Waals surface area contributed by atoms with E-state index in [0.29, 0.717) is 6.54 Å². The first-order chi connectivity index (χ1) is 8.22. The Morgan fingerprint density at radius 3 is 2.82 bits per heavy atom. The fourth-order valence-electron chi connectivity index (χ4n) is 1.89. The van der Waals surface area contributed by atoms with Gasteiger partial charge in [0.25, 0.3) is 0 Å². The number of rotatable bonds is 4. The molecule has 0 aliphatic rings. The zero-order valence-electron chi connectivity index (χ0n) is 9.63. The Morgan fingerprint density at radius 1 is 1.35 bits per heavy atom. The molecule has 17 heavy (non-hydrogen) atoms. The van der Waals surface area contributed by atoms with Crippen molar-refractivity contribution in [1.29, 1.82) is 0 Å². The van der Waals surface area contributed by atoms with Gasteiger partial charge in [-0.25, -0.2) is 0 Å². The third-order valence-corrected chi connectivity index (χ3v) is 2.67. The smallest absolute Gasteiger partial charge is 0.323 e. The fraction of sp³-hybridized carbons (Fsp3) is 0.231. The van der Waals surface area contributed by atoms with E-state index in [9.17, 15) is 4.79 Å². The maximum Gasteiger partial charge on any atom is 0.323 e. The largest absolute Gasteiger partial charge is 0.480 e. The van der Waals surface area contributed by atoms with Gasteiger partial charge in [0.1, 0.15) is 6.54 Å². The van der Waals surface area contributed by atoms with Crippen LogP contribution in [0.5, 0.6) is 0 Å². The summed E-state index contributed by atoms with van der Waals surface area (Å²) in [5.41, 5.74) is 1.80. The molecule has 0 amide bonds. The molecule has 88 valence electrons. The van der Waals surface area contributed by atoms with Gasteiger partial charge in [0.2, 0.25) is 0 Å². The molecule has 1 aromatic carbocycles. The normalized spacial score (nSPS) is 10.4. The number of carboxylic acid groups (broad SMARTS) is 1. The topological polar surface area (TPSA) is 53.4 Å². The quantitative estimate of drug-likeness (QED) is 0.874. The van der Waals surface area contributed by atoms with Gasteiger partial charge in [-0.2, -0.15) is 0 Å². The van der Waals surface area contributed by atoms with Crippen LogP contribution in [0.4, 0.5) is 5.69 Å². The molecule has 0 fully saturated rings. The molecule has 0 spiro atoms. The second-order valence-electron chi connectivity index (χ2n) is 3.76. The van der Waals surface area contributed by atoms with Gasteiger partial charge < -0.3 is 10.0 Å². The standard InChI is InChI=1S/C13H14N2O2/c1-2-15(9-13(16)17)12-7-8-14-11-6-4-3-5-10(11)12/h3-8H,2,9H2,1H3,(H,16,17). The van der Waals surface area contributed by atoms with Crippen LogP contribution in [0.25, 0.3) is 10.9 Å². The van der Waals surface area contributed by atoms with Gasteiger partial charge >= 0.3 is 5.97 Å². The summed E-state index contributed by atoms with van der Waals surface area (Å²) < 4.78 is 0. The Morgan fingerprint density at radius 2 is 2.12 bits per heavy atom. The zero-order valence-corrected chi connectivity index (χ0v) is 9.63. The van der Waals surface area contributed by atoms with Gasteiger partial charge in [0, 0.05) is 23.8 Å². The van der Waals surface area contributed by atoms with E-state index < -0.39 is 5.97 Å². The molecule has 1 N–H and O–H groups in total. The van der Waals surface area contributed by atoms with Crippen LogP contribution in [0.3, 0.4) is 0 Å². The number of carbonyl (C=O) groups is 1. The van der Waals surface area contributed by atoms with Crippen molar-refractivity contribution in [2.45, 2.75) is 6.92 Å². The Balaban J connectivity index is 2.49. The highest BCUT2D eigenvalue weighted by Crippen LogP contribution is 2.24. The number of aliphatic carboxylic acids is 1. The number of fused-ring (bicyclic) bond motifs is 1. The molecular weight excluding hydrogens is 216 g/mol. The summed E-state index contributed by atoms with van der Waals surface area (Å²) in [6.07, 6.45) is 1.71. The van der Waals surface area contributed by atoms with E-state index in [0.717, 1.165) is 16.6 Å². The number of carboxylic acids is 1. The molecule has 0 unspecified atom stereocenters. The van der Waals surface area contributed by atoms with Gasteiger partial charge in [-0.05, 0) is 19.1 Å². The van der Waals surface area contributed by atoms with Crippen LogP contribution in [-0.2, 0) is 4.79 Å². The van der Waals surface area contributed by atoms with Gasteiger partial charge in [-0.15, -0.1) is 0 Å². The summed E-state index contributed by atoms with van der Waals surface area (Å²) in [4.78, 5) is 16.9. The van der Waals surface area contributed by atoms with E-state index >= 15 is 0 Å². The molecular formula is C13H14N2O2. The van der Waals surface area contributed by atoms with E-state index in [1.807, 2.05) is 42.2 Å². The Kier molecular flexibility index (Phi) is 3.23. The lowest BCUT2D eigenvalue weighted by molar-refractivity contribution is -0.135. The van der Waals surface area contributed by atoms with Crippen LogP contribution in [-0.4, -0.2) is 29.1 Å². The number of hydrogen-bond donors (Lipinski definition) is 1. The van der Waals surface area contributed by atoms with Gasteiger partial charge in [-0.3, -0.25) is 9.78 Å². The second kappa shape index (κ2) is 4.82. The average molecular weight is 230 g/mol. The molecule has 2 aromatic rings. The highest BCUT2D eigenvalue weighted by atomic mass is 16.4. The summed E-state index contributed by atoms with van der Waals surface area (Å²) in [5, 5.41) is 9.88. The predicted octanol–water partition coefficient (Wildman–Crippen LogP) is 2.15. The second-order valence-corrected chi connectivity index (χ2v) is 3.76. The highest BCUT2D eigenvalue weighted by molar-refractivity contribution is 5.92. The van der Waals surface area contributed by atoms with Crippen LogP contribution in [0.15, 0.2) is 36.5 Å². The van der Waals surface area contributed by atoms with E-state index in [2.05, 4.69) is 4.98 Å². The van der Waals surface area contributed by atoms with E-state index in [1.165, 1.54) is 0 Å². The lowest BCUT2D eigenvalue weighted by atomic mass is 10.1. The van der Waals surface area contributed by atoms with E-state index in [-0.39, 0.29) is 6.54 Å². The highest BCUT2D eigenvalue weighted by Gasteiger charge is 2.11. The number of aromatic nitrogens is 1. The predicted molar refractivity (Wildman–Crippen MR) is 67.3 cm³/mol. The maximum atomic E-state index is 10.8. The number of hydrogen-bond acceptors (Lipinski definition) is 3. The molecule has 0 atom stereocenters. The number of likely N-dealkylation sites (N-methyl/N-ethyl adjacent to an activating group) is 1. The Bertz CT molecular complexity index is 534. The van der Waals surface area contributed by atoms with Crippen LogP contribution < -0.4 is 4.90 Å². The van der Waals surface area contributed by atoms with Crippen molar-refractivity contribution < 1.29 is 9.90 Å². The monoisotopic (exact) mass is 230 g/mol. The minimum Gasteiger partial charge on any atom is -0.480 e. The lowest BCUT2D eigenvalue weighted by Crippen LogP contribution is -2.29. The summed E-state index contributed by atoms with van der Waals surface area (Å²) in [5.74, 6) is -0.826. The molecule has 4 heteroatoms. The van der Waals surface area contributed by atoms with Gasteiger partial charge in [-0.1, -0.05) is 18.2 Å². The molecule has 0 saturated carbocycles. The third-order valence-electron chi connectivity index (χ3n) is 2.67. The molecule has 0 radical (unpaired) electrons. The summed E-state index contributed by atoms with van der Waals surface area (Å²) in [6, 6.07) is 9.60. The summed E-state index contributed by atoms with van der Waals surface area (Å²) in [7, 11) is 0.